The average molecular weight is 374 g/mol. The van der Waals surface area contributed by atoms with Crippen LogP contribution in [0.3, 0.4) is 0 Å². The van der Waals surface area contributed by atoms with Crippen LogP contribution >= 0.6 is 35.1 Å². The maximum atomic E-state index is 12.1. The van der Waals surface area contributed by atoms with Crippen LogP contribution < -0.4 is 4.72 Å². The summed E-state index contributed by atoms with van der Waals surface area (Å²) in [4.78, 5) is 2.40. The van der Waals surface area contributed by atoms with Crippen molar-refractivity contribution < 1.29 is 8.42 Å². The van der Waals surface area contributed by atoms with Crippen LogP contribution in [0.1, 0.15) is 0 Å². The quantitative estimate of drug-likeness (QED) is 0.585. The van der Waals surface area contributed by atoms with Gasteiger partial charge >= 0.3 is 0 Å². The summed E-state index contributed by atoms with van der Waals surface area (Å²) < 4.78 is 26.9. The van der Waals surface area contributed by atoms with Crippen molar-refractivity contribution in [3.05, 3.63) is 53.6 Å². The third-order valence-corrected chi connectivity index (χ3v) is 6.33. The summed E-state index contributed by atoms with van der Waals surface area (Å²) in [6.07, 6.45) is 1.95. The van der Waals surface area contributed by atoms with E-state index in [9.17, 15) is 8.42 Å². The second-order valence-corrected chi connectivity index (χ2v) is 8.63. The Labute approximate surface area is 144 Å². The molecule has 0 spiro atoms. The number of sulfonamides is 1. The molecule has 22 heavy (non-hydrogen) atoms. The molecule has 2 rings (SSSR count). The van der Waals surface area contributed by atoms with Crippen LogP contribution in [0.15, 0.2) is 63.2 Å². The molecule has 3 nitrogen and oxygen atoms in total. The van der Waals surface area contributed by atoms with Gasteiger partial charge in [0.2, 0.25) is 10.0 Å². The van der Waals surface area contributed by atoms with E-state index in [1.54, 1.807) is 35.7 Å². The third kappa shape index (κ3) is 5.21. The third-order valence-electron chi connectivity index (χ3n) is 2.85. The Morgan fingerprint density at radius 2 is 1.59 bits per heavy atom. The normalized spacial score (nSPS) is 11.5. The predicted octanol–water partition coefficient (Wildman–Crippen LogP) is 4.13. The zero-order valence-electron chi connectivity index (χ0n) is 12.0. The number of hydrogen-bond donors (Lipinski definition) is 1. The molecule has 0 aliphatic rings. The van der Waals surface area contributed by atoms with Crippen molar-refractivity contribution in [1.82, 2.24) is 4.72 Å². The molecule has 118 valence electrons. The summed E-state index contributed by atoms with van der Waals surface area (Å²) in [5, 5.41) is 0.693. The lowest BCUT2D eigenvalue weighted by Gasteiger charge is -2.07. The van der Waals surface area contributed by atoms with Gasteiger partial charge < -0.3 is 0 Å². The van der Waals surface area contributed by atoms with Crippen LogP contribution in [0.5, 0.6) is 0 Å². The number of thioether (sulfide) groups is 2. The molecule has 0 aromatic heterocycles. The highest BCUT2D eigenvalue weighted by molar-refractivity contribution is 7.99. The van der Waals surface area contributed by atoms with Gasteiger partial charge in [-0.05, 0) is 54.8 Å². The second kappa shape index (κ2) is 8.26. The van der Waals surface area contributed by atoms with Gasteiger partial charge in [0, 0.05) is 27.1 Å². The summed E-state index contributed by atoms with van der Waals surface area (Å²) in [6, 6.07) is 14.3. The van der Waals surface area contributed by atoms with Crippen LogP contribution in [-0.2, 0) is 10.0 Å². The molecule has 1 N–H and O–H groups in total. The first-order valence-corrected chi connectivity index (χ1v) is 10.6. The Hall–Kier alpha value is -0.660. The topological polar surface area (TPSA) is 46.2 Å². The lowest BCUT2D eigenvalue weighted by molar-refractivity contribution is 0.584. The molecule has 0 unspecified atom stereocenters. The van der Waals surface area contributed by atoms with Crippen molar-refractivity contribution in [2.24, 2.45) is 0 Å². The number of rotatable bonds is 7. The zero-order chi connectivity index (χ0) is 16.0. The predicted molar refractivity (Wildman–Crippen MR) is 95.6 cm³/mol. The maximum absolute atomic E-state index is 12.1. The number of benzene rings is 2. The number of halogens is 1. The van der Waals surface area contributed by atoms with Crippen molar-refractivity contribution in [3.63, 3.8) is 0 Å². The van der Waals surface area contributed by atoms with Gasteiger partial charge in [0.05, 0.1) is 4.90 Å². The second-order valence-electron chi connectivity index (χ2n) is 4.38. The SMILES string of the molecule is CSc1ccc(S(=O)(=O)NCCSc2ccc(Cl)cc2)cc1. The first kappa shape index (κ1) is 17.7. The summed E-state index contributed by atoms with van der Waals surface area (Å²) in [6.45, 7) is 0.375. The fourth-order valence-electron chi connectivity index (χ4n) is 1.71. The maximum Gasteiger partial charge on any atom is 0.240 e. The molecule has 2 aromatic rings. The molecule has 0 fully saturated rings. The van der Waals surface area contributed by atoms with Gasteiger partial charge in [0.15, 0.2) is 0 Å². The summed E-state index contributed by atoms with van der Waals surface area (Å²) in [5.74, 6) is 0.657. The van der Waals surface area contributed by atoms with Gasteiger partial charge in [0.1, 0.15) is 0 Å². The van der Waals surface area contributed by atoms with Gasteiger partial charge in [-0.15, -0.1) is 23.5 Å². The Bertz CT molecular complexity index is 701. The van der Waals surface area contributed by atoms with Crippen LogP contribution in [0, 0.1) is 0 Å². The first-order valence-electron chi connectivity index (χ1n) is 6.53. The smallest absolute Gasteiger partial charge is 0.210 e. The molecule has 0 radical (unpaired) electrons. The van der Waals surface area contributed by atoms with E-state index in [4.69, 9.17) is 11.6 Å². The summed E-state index contributed by atoms with van der Waals surface area (Å²) >= 11 is 8.98. The van der Waals surface area contributed by atoms with Gasteiger partial charge in [-0.1, -0.05) is 11.6 Å². The number of hydrogen-bond acceptors (Lipinski definition) is 4. The molecule has 0 saturated heterocycles. The Morgan fingerprint density at radius 1 is 1.00 bits per heavy atom. The molecule has 0 heterocycles. The van der Waals surface area contributed by atoms with E-state index in [1.807, 2.05) is 42.7 Å². The van der Waals surface area contributed by atoms with Gasteiger partial charge in [-0.25, -0.2) is 13.1 Å². The highest BCUT2D eigenvalue weighted by Gasteiger charge is 2.12. The molecule has 0 atom stereocenters. The van der Waals surface area contributed by atoms with Crippen molar-refractivity contribution in [3.8, 4) is 0 Å². The van der Waals surface area contributed by atoms with Gasteiger partial charge in [-0.2, -0.15) is 0 Å². The summed E-state index contributed by atoms with van der Waals surface area (Å²) in [5.41, 5.74) is 0. The Morgan fingerprint density at radius 3 is 2.18 bits per heavy atom. The van der Waals surface area contributed by atoms with Crippen LogP contribution in [-0.4, -0.2) is 27.0 Å². The lowest BCUT2D eigenvalue weighted by atomic mass is 10.4. The summed E-state index contributed by atoms with van der Waals surface area (Å²) in [7, 11) is -3.44. The molecular formula is C15H16ClNO2S3. The highest BCUT2D eigenvalue weighted by Crippen LogP contribution is 2.20. The Kier molecular flexibility index (Phi) is 6.65. The Balaban J connectivity index is 1.85. The van der Waals surface area contributed by atoms with E-state index in [-0.39, 0.29) is 0 Å². The van der Waals surface area contributed by atoms with Crippen molar-refractivity contribution in [2.75, 3.05) is 18.6 Å². The molecule has 7 heteroatoms. The average Bonchev–Trinajstić information content (AvgIpc) is 2.53. The minimum atomic E-state index is -3.44. The first-order chi connectivity index (χ1) is 10.5. The van der Waals surface area contributed by atoms with Crippen molar-refractivity contribution >= 4 is 45.1 Å². The standard InChI is InChI=1S/C15H16ClNO2S3/c1-20-13-6-8-15(9-7-13)22(18,19)17-10-11-21-14-4-2-12(16)3-5-14/h2-9,17H,10-11H2,1H3. The molecule has 2 aromatic carbocycles. The van der Waals surface area contributed by atoms with Crippen LogP contribution in [0.4, 0.5) is 0 Å². The van der Waals surface area contributed by atoms with Crippen molar-refractivity contribution in [1.29, 1.82) is 0 Å². The van der Waals surface area contributed by atoms with Crippen molar-refractivity contribution in [2.45, 2.75) is 14.7 Å². The van der Waals surface area contributed by atoms with E-state index < -0.39 is 10.0 Å². The minimum absolute atomic E-state index is 0.293. The fourth-order valence-corrected chi connectivity index (χ4v) is 4.18. The molecule has 0 saturated carbocycles. The largest absolute Gasteiger partial charge is 0.240 e. The van der Waals surface area contributed by atoms with E-state index in [1.165, 1.54) is 0 Å². The molecule has 0 amide bonds. The van der Waals surface area contributed by atoms with Gasteiger partial charge in [0.25, 0.3) is 0 Å². The molecule has 0 aliphatic heterocycles. The van der Waals surface area contributed by atoms with E-state index in [2.05, 4.69) is 4.72 Å². The fraction of sp³-hybridized carbons (Fsp3) is 0.200. The van der Waals surface area contributed by atoms with E-state index in [0.29, 0.717) is 22.2 Å². The van der Waals surface area contributed by atoms with Gasteiger partial charge in [-0.3, -0.25) is 0 Å². The molecular weight excluding hydrogens is 358 g/mol. The number of nitrogens with one attached hydrogen (secondary N) is 1. The molecule has 0 aliphatic carbocycles. The lowest BCUT2D eigenvalue weighted by Crippen LogP contribution is -2.25. The molecule has 0 bridgehead atoms. The van der Waals surface area contributed by atoms with E-state index >= 15 is 0 Å². The zero-order valence-corrected chi connectivity index (χ0v) is 15.2. The monoisotopic (exact) mass is 373 g/mol. The van der Waals surface area contributed by atoms with Crippen LogP contribution in [0.2, 0.25) is 5.02 Å². The van der Waals surface area contributed by atoms with E-state index in [0.717, 1.165) is 9.79 Å². The minimum Gasteiger partial charge on any atom is -0.210 e. The van der Waals surface area contributed by atoms with Crippen LogP contribution in [0.25, 0.3) is 0 Å². The highest BCUT2D eigenvalue weighted by atomic mass is 35.5.